The van der Waals surface area contributed by atoms with Crippen molar-refractivity contribution in [1.29, 1.82) is 0 Å². The van der Waals surface area contributed by atoms with E-state index in [-0.39, 0.29) is 6.04 Å². The Bertz CT molecular complexity index is 707. The molecule has 3 aromatic rings. The number of aromatic nitrogens is 3. The minimum Gasteiger partial charge on any atom is -0.377 e. The molecule has 0 fully saturated rings. The molecule has 0 saturated heterocycles. The van der Waals surface area contributed by atoms with E-state index in [1.54, 1.807) is 10.9 Å². The van der Waals surface area contributed by atoms with Crippen molar-refractivity contribution in [2.24, 2.45) is 0 Å². The number of hydrogen-bond donors (Lipinski definition) is 1. The first-order valence-electron chi connectivity index (χ1n) is 6.72. The average Bonchev–Trinajstić information content (AvgIpc) is 3.02. The van der Waals surface area contributed by atoms with E-state index in [9.17, 15) is 0 Å². The molecule has 1 atom stereocenters. The second-order valence-corrected chi connectivity index (χ2v) is 5.22. The molecule has 3 rings (SSSR count). The fraction of sp³-hybridized carbons (Fsp3) is 0.125. The lowest BCUT2D eigenvalue weighted by Crippen LogP contribution is -2.09. The Morgan fingerprint density at radius 2 is 1.86 bits per heavy atom. The molecule has 5 heteroatoms. The van der Waals surface area contributed by atoms with Crippen LogP contribution in [0.5, 0.6) is 0 Å². The monoisotopic (exact) mass is 298 g/mol. The number of nitrogens with zero attached hydrogens (tertiary/aromatic N) is 3. The van der Waals surface area contributed by atoms with Crippen LogP contribution in [0.15, 0.2) is 60.9 Å². The molecular formula is C16H15ClN4. The normalized spacial score (nSPS) is 12.1. The molecule has 0 aliphatic heterocycles. The minimum absolute atomic E-state index is 0.159. The smallest absolute Gasteiger partial charge is 0.0894 e. The van der Waals surface area contributed by atoms with Crippen molar-refractivity contribution in [2.45, 2.75) is 13.0 Å². The Morgan fingerprint density at radius 3 is 2.57 bits per heavy atom. The molecule has 1 N–H and O–H groups in total. The lowest BCUT2D eigenvalue weighted by Gasteiger charge is -2.18. The maximum absolute atomic E-state index is 5.93. The summed E-state index contributed by atoms with van der Waals surface area (Å²) < 4.78 is 1.75. The molecule has 106 valence electrons. The number of halogens is 1. The molecule has 2 aromatic carbocycles. The van der Waals surface area contributed by atoms with Crippen molar-refractivity contribution >= 4 is 17.3 Å². The zero-order chi connectivity index (χ0) is 14.7. The summed E-state index contributed by atoms with van der Waals surface area (Å²) in [4.78, 5) is 0. The zero-order valence-corrected chi connectivity index (χ0v) is 12.3. The van der Waals surface area contributed by atoms with E-state index in [0.717, 1.165) is 16.4 Å². The number of hydrogen-bond acceptors (Lipinski definition) is 3. The maximum atomic E-state index is 5.93. The Hall–Kier alpha value is -2.33. The Kier molecular flexibility index (Phi) is 3.88. The van der Waals surface area contributed by atoms with E-state index in [4.69, 9.17) is 11.6 Å². The van der Waals surface area contributed by atoms with Crippen LogP contribution in [-0.4, -0.2) is 15.0 Å². The van der Waals surface area contributed by atoms with Crippen molar-refractivity contribution in [2.75, 3.05) is 5.32 Å². The second-order valence-electron chi connectivity index (χ2n) is 4.78. The molecule has 0 aliphatic carbocycles. The molecule has 1 unspecified atom stereocenters. The maximum Gasteiger partial charge on any atom is 0.0894 e. The van der Waals surface area contributed by atoms with E-state index in [1.165, 1.54) is 5.56 Å². The average molecular weight is 299 g/mol. The van der Waals surface area contributed by atoms with Crippen molar-refractivity contribution in [1.82, 2.24) is 15.0 Å². The molecule has 0 radical (unpaired) electrons. The fourth-order valence-corrected chi connectivity index (χ4v) is 2.33. The van der Waals surface area contributed by atoms with Crippen LogP contribution < -0.4 is 5.32 Å². The summed E-state index contributed by atoms with van der Waals surface area (Å²) >= 11 is 5.93. The van der Waals surface area contributed by atoms with E-state index in [2.05, 4.69) is 22.6 Å². The zero-order valence-electron chi connectivity index (χ0n) is 11.6. The third kappa shape index (κ3) is 3.06. The van der Waals surface area contributed by atoms with Gasteiger partial charge in [-0.3, -0.25) is 0 Å². The van der Waals surface area contributed by atoms with Crippen LogP contribution in [0, 0.1) is 0 Å². The van der Waals surface area contributed by atoms with E-state index < -0.39 is 0 Å². The van der Waals surface area contributed by atoms with Gasteiger partial charge in [0, 0.05) is 11.1 Å². The van der Waals surface area contributed by atoms with Gasteiger partial charge in [-0.25, -0.2) is 4.68 Å². The van der Waals surface area contributed by atoms with Gasteiger partial charge < -0.3 is 5.32 Å². The quantitative estimate of drug-likeness (QED) is 0.789. The highest BCUT2D eigenvalue weighted by Crippen LogP contribution is 2.25. The van der Waals surface area contributed by atoms with E-state index in [1.807, 2.05) is 54.7 Å². The van der Waals surface area contributed by atoms with Gasteiger partial charge in [-0.2, -0.15) is 0 Å². The highest BCUT2D eigenvalue weighted by Gasteiger charge is 2.09. The van der Waals surface area contributed by atoms with Gasteiger partial charge in [-0.05, 0) is 36.8 Å². The van der Waals surface area contributed by atoms with Crippen molar-refractivity contribution < 1.29 is 0 Å². The van der Waals surface area contributed by atoms with Crippen LogP contribution in [0.3, 0.4) is 0 Å². The van der Waals surface area contributed by atoms with Gasteiger partial charge in [-0.15, -0.1) is 5.10 Å². The lowest BCUT2D eigenvalue weighted by molar-refractivity contribution is 0.798. The van der Waals surface area contributed by atoms with Crippen LogP contribution >= 0.6 is 11.6 Å². The van der Waals surface area contributed by atoms with Crippen molar-refractivity contribution in [3.63, 3.8) is 0 Å². The van der Waals surface area contributed by atoms with E-state index >= 15 is 0 Å². The molecule has 4 nitrogen and oxygen atoms in total. The number of nitrogens with one attached hydrogen (secondary N) is 1. The largest absolute Gasteiger partial charge is 0.377 e. The van der Waals surface area contributed by atoms with Crippen LogP contribution in [0.25, 0.3) is 5.69 Å². The lowest BCUT2D eigenvalue weighted by atomic mass is 10.1. The highest BCUT2D eigenvalue weighted by atomic mass is 35.5. The first-order valence-corrected chi connectivity index (χ1v) is 7.09. The summed E-state index contributed by atoms with van der Waals surface area (Å²) in [5.74, 6) is 0. The van der Waals surface area contributed by atoms with E-state index in [0.29, 0.717) is 0 Å². The molecule has 21 heavy (non-hydrogen) atoms. The third-order valence-electron chi connectivity index (χ3n) is 3.32. The predicted molar refractivity (Wildman–Crippen MR) is 84.8 cm³/mol. The molecule has 0 spiro atoms. The van der Waals surface area contributed by atoms with Gasteiger partial charge in [-0.1, -0.05) is 41.1 Å². The number of benzene rings is 2. The summed E-state index contributed by atoms with van der Waals surface area (Å²) in [5.41, 5.74) is 3.15. The number of rotatable bonds is 4. The molecule has 0 bridgehead atoms. The predicted octanol–water partition coefficient (Wildman–Crippen LogP) is 4.09. The molecule has 1 aromatic heterocycles. The SMILES string of the molecule is CC(Nc1ccccc1-n1ccnn1)c1ccc(Cl)cc1. The first-order chi connectivity index (χ1) is 10.2. The van der Waals surface area contributed by atoms with Gasteiger partial charge in [0.05, 0.1) is 23.8 Å². The van der Waals surface area contributed by atoms with Gasteiger partial charge in [0.2, 0.25) is 0 Å². The standard InChI is InChI=1S/C16H15ClN4/c1-12(13-6-8-14(17)9-7-13)19-15-4-2-3-5-16(15)21-11-10-18-20-21/h2-12,19H,1H3. The summed E-state index contributed by atoms with van der Waals surface area (Å²) in [6, 6.07) is 16.0. The fourth-order valence-electron chi connectivity index (χ4n) is 2.20. The third-order valence-corrected chi connectivity index (χ3v) is 3.57. The van der Waals surface area contributed by atoms with Crippen molar-refractivity contribution in [3.8, 4) is 5.69 Å². The minimum atomic E-state index is 0.159. The first kappa shape index (κ1) is 13.6. The Labute approximate surface area is 128 Å². The summed E-state index contributed by atoms with van der Waals surface area (Å²) in [5, 5.41) is 12.2. The number of para-hydroxylation sites is 2. The topological polar surface area (TPSA) is 42.7 Å². The Morgan fingerprint density at radius 1 is 1.10 bits per heavy atom. The summed E-state index contributed by atoms with van der Waals surface area (Å²) in [6.45, 7) is 2.11. The van der Waals surface area contributed by atoms with Gasteiger partial charge in [0.25, 0.3) is 0 Å². The summed E-state index contributed by atoms with van der Waals surface area (Å²) in [6.07, 6.45) is 3.49. The molecule has 0 saturated carbocycles. The van der Waals surface area contributed by atoms with Crippen molar-refractivity contribution in [3.05, 3.63) is 71.5 Å². The highest BCUT2D eigenvalue weighted by molar-refractivity contribution is 6.30. The van der Waals surface area contributed by atoms with Gasteiger partial charge in [0.15, 0.2) is 0 Å². The van der Waals surface area contributed by atoms with Crippen LogP contribution in [-0.2, 0) is 0 Å². The molecule has 0 amide bonds. The number of anilines is 1. The van der Waals surface area contributed by atoms with Crippen LogP contribution in [0.2, 0.25) is 5.02 Å². The summed E-state index contributed by atoms with van der Waals surface area (Å²) in [7, 11) is 0. The van der Waals surface area contributed by atoms with Gasteiger partial charge >= 0.3 is 0 Å². The molecule has 1 heterocycles. The van der Waals surface area contributed by atoms with Crippen LogP contribution in [0.1, 0.15) is 18.5 Å². The van der Waals surface area contributed by atoms with Gasteiger partial charge in [0.1, 0.15) is 0 Å². The molecular weight excluding hydrogens is 284 g/mol. The molecule has 0 aliphatic rings. The van der Waals surface area contributed by atoms with Crippen LogP contribution in [0.4, 0.5) is 5.69 Å². The Balaban J connectivity index is 1.86. The second kappa shape index (κ2) is 5.97.